The van der Waals surface area contributed by atoms with Crippen LogP contribution in [0.25, 0.3) is 0 Å². The zero-order valence-electron chi connectivity index (χ0n) is 14.0. The lowest BCUT2D eigenvalue weighted by atomic mass is 10.2. The minimum Gasteiger partial charge on any atom is -0.497 e. The van der Waals surface area contributed by atoms with E-state index in [0.717, 1.165) is 11.4 Å². The fourth-order valence-electron chi connectivity index (χ4n) is 2.18. The van der Waals surface area contributed by atoms with Crippen LogP contribution in [0.3, 0.4) is 0 Å². The van der Waals surface area contributed by atoms with Crippen LogP contribution in [0.5, 0.6) is 17.2 Å². The Hall–Kier alpha value is -2.70. The van der Waals surface area contributed by atoms with E-state index in [1.807, 2.05) is 20.9 Å². The molecule has 7 heteroatoms. The highest BCUT2D eigenvalue weighted by Gasteiger charge is 2.13. The third kappa shape index (κ3) is 3.94. The van der Waals surface area contributed by atoms with E-state index in [-0.39, 0.29) is 12.5 Å². The quantitative estimate of drug-likeness (QED) is 0.882. The number of amides is 1. The van der Waals surface area contributed by atoms with Crippen LogP contribution in [-0.2, 0) is 11.8 Å². The lowest BCUT2D eigenvalue weighted by molar-refractivity contribution is -0.118. The fraction of sp³-hybridized carbons (Fsp3) is 0.375. The molecule has 0 unspecified atom stereocenters. The summed E-state index contributed by atoms with van der Waals surface area (Å²) in [6, 6.07) is 5.15. The first-order valence-electron chi connectivity index (χ1n) is 7.10. The molecule has 1 heterocycles. The number of anilines is 1. The first-order chi connectivity index (χ1) is 10.9. The van der Waals surface area contributed by atoms with Gasteiger partial charge in [0.1, 0.15) is 17.2 Å². The summed E-state index contributed by atoms with van der Waals surface area (Å²) >= 11 is 0. The lowest BCUT2D eigenvalue weighted by Gasteiger charge is -2.10. The molecule has 0 fully saturated rings. The number of nitrogens with zero attached hydrogens (tertiary/aromatic N) is 2. The molecule has 0 spiro atoms. The van der Waals surface area contributed by atoms with E-state index in [2.05, 4.69) is 10.4 Å². The maximum atomic E-state index is 12.1. The lowest BCUT2D eigenvalue weighted by Crippen LogP contribution is -2.20. The van der Waals surface area contributed by atoms with Gasteiger partial charge in [0.25, 0.3) is 5.91 Å². The van der Waals surface area contributed by atoms with E-state index in [9.17, 15) is 4.79 Å². The summed E-state index contributed by atoms with van der Waals surface area (Å²) in [7, 11) is 4.94. The topological polar surface area (TPSA) is 74.6 Å². The van der Waals surface area contributed by atoms with E-state index >= 15 is 0 Å². The molecule has 0 aliphatic rings. The molecule has 1 aromatic heterocycles. The van der Waals surface area contributed by atoms with Crippen molar-refractivity contribution < 1.29 is 19.0 Å². The van der Waals surface area contributed by atoms with Crippen molar-refractivity contribution in [1.29, 1.82) is 0 Å². The summed E-state index contributed by atoms with van der Waals surface area (Å²) in [4.78, 5) is 12.1. The van der Waals surface area contributed by atoms with Crippen molar-refractivity contribution in [2.75, 3.05) is 26.1 Å². The van der Waals surface area contributed by atoms with Gasteiger partial charge in [0, 0.05) is 30.9 Å². The molecule has 0 bridgehead atoms. The SMILES string of the molecule is COc1cc(NC(=O)COc2c(C)nn(C)c2C)cc(OC)c1. The van der Waals surface area contributed by atoms with Crippen LogP contribution in [0.15, 0.2) is 18.2 Å². The van der Waals surface area contributed by atoms with E-state index in [1.165, 1.54) is 0 Å². The van der Waals surface area contributed by atoms with Crippen LogP contribution in [0, 0.1) is 13.8 Å². The number of carbonyl (C=O) groups excluding carboxylic acids is 1. The van der Waals surface area contributed by atoms with Crippen molar-refractivity contribution in [3.8, 4) is 17.2 Å². The monoisotopic (exact) mass is 319 g/mol. The Kier molecular flexibility index (Phi) is 5.10. The van der Waals surface area contributed by atoms with Crippen LogP contribution in [0.4, 0.5) is 5.69 Å². The summed E-state index contributed by atoms with van der Waals surface area (Å²) < 4.78 is 17.6. The molecule has 2 aromatic rings. The number of methoxy groups -OCH3 is 2. The minimum absolute atomic E-state index is 0.104. The number of nitrogens with one attached hydrogen (secondary N) is 1. The van der Waals surface area contributed by atoms with Gasteiger partial charge in [-0.3, -0.25) is 9.48 Å². The van der Waals surface area contributed by atoms with Crippen LogP contribution in [0.2, 0.25) is 0 Å². The van der Waals surface area contributed by atoms with Crippen molar-refractivity contribution in [1.82, 2.24) is 9.78 Å². The molecular formula is C16H21N3O4. The third-order valence-corrected chi connectivity index (χ3v) is 3.43. The van der Waals surface area contributed by atoms with Crippen LogP contribution in [0.1, 0.15) is 11.4 Å². The molecule has 0 aliphatic heterocycles. The van der Waals surface area contributed by atoms with Gasteiger partial charge in [-0.05, 0) is 13.8 Å². The first kappa shape index (κ1) is 16.7. The molecular weight excluding hydrogens is 298 g/mol. The molecule has 1 aromatic carbocycles. The van der Waals surface area contributed by atoms with Gasteiger partial charge in [-0.1, -0.05) is 0 Å². The summed E-state index contributed by atoms with van der Waals surface area (Å²) in [6.07, 6.45) is 0. The van der Waals surface area contributed by atoms with Gasteiger partial charge in [0.15, 0.2) is 12.4 Å². The Balaban J connectivity index is 2.02. The van der Waals surface area contributed by atoms with E-state index < -0.39 is 0 Å². The number of rotatable bonds is 6. The number of hydrogen-bond acceptors (Lipinski definition) is 5. The van der Waals surface area contributed by atoms with E-state index in [4.69, 9.17) is 14.2 Å². The molecule has 2 rings (SSSR count). The molecule has 0 radical (unpaired) electrons. The second kappa shape index (κ2) is 7.04. The Labute approximate surface area is 135 Å². The summed E-state index contributed by atoms with van der Waals surface area (Å²) in [6.45, 7) is 3.63. The highest BCUT2D eigenvalue weighted by molar-refractivity contribution is 5.92. The summed E-state index contributed by atoms with van der Waals surface area (Å²) in [5, 5.41) is 7.00. The molecule has 124 valence electrons. The molecule has 0 saturated heterocycles. The van der Waals surface area contributed by atoms with Crippen molar-refractivity contribution in [2.45, 2.75) is 13.8 Å². The third-order valence-electron chi connectivity index (χ3n) is 3.43. The van der Waals surface area contributed by atoms with Gasteiger partial charge < -0.3 is 19.5 Å². The average molecular weight is 319 g/mol. The Morgan fingerprint density at radius 2 is 1.78 bits per heavy atom. The smallest absolute Gasteiger partial charge is 0.262 e. The average Bonchev–Trinajstić information content (AvgIpc) is 2.77. The number of aromatic nitrogens is 2. The number of benzene rings is 1. The van der Waals surface area contributed by atoms with Crippen molar-refractivity contribution in [3.63, 3.8) is 0 Å². The number of aryl methyl sites for hydroxylation is 2. The highest BCUT2D eigenvalue weighted by atomic mass is 16.5. The summed E-state index contributed by atoms with van der Waals surface area (Å²) in [5.74, 6) is 1.55. The second-order valence-corrected chi connectivity index (χ2v) is 5.06. The summed E-state index contributed by atoms with van der Waals surface area (Å²) in [5.41, 5.74) is 2.20. The van der Waals surface area contributed by atoms with Crippen LogP contribution >= 0.6 is 0 Å². The van der Waals surface area contributed by atoms with Crippen LogP contribution in [-0.4, -0.2) is 36.5 Å². The molecule has 7 nitrogen and oxygen atoms in total. The molecule has 1 amide bonds. The fourth-order valence-corrected chi connectivity index (χ4v) is 2.18. The Morgan fingerprint density at radius 1 is 1.17 bits per heavy atom. The predicted molar refractivity (Wildman–Crippen MR) is 86.4 cm³/mol. The molecule has 0 saturated carbocycles. The van der Waals surface area contributed by atoms with Gasteiger partial charge >= 0.3 is 0 Å². The zero-order chi connectivity index (χ0) is 17.0. The standard InChI is InChI=1S/C16H21N3O4/c1-10-16(11(2)19(3)18-10)23-9-15(20)17-12-6-13(21-4)8-14(7-12)22-5/h6-8H,9H2,1-5H3,(H,17,20). The first-order valence-corrected chi connectivity index (χ1v) is 7.10. The molecule has 23 heavy (non-hydrogen) atoms. The second-order valence-electron chi connectivity index (χ2n) is 5.06. The normalized spacial score (nSPS) is 10.3. The molecule has 0 aliphatic carbocycles. The largest absolute Gasteiger partial charge is 0.497 e. The van der Waals surface area contributed by atoms with Crippen molar-refractivity contribution >= 4 is 11.6 Å². The number of ether oxygens (including phenoxy) is 3. The predicted octanol–water partition coefficient (Wildman–Crippen LogP) is 2.07. The maximum absolute atomic E-state index is 12.1. The molecule has 1 N–H and O–H groups in total. The molecule has 0 atom stereocenters. The van der Waals surface area contributed by atoms with Gasteiger partial charge in [-0.2, -0.15) is 5.10 Å². The number of carbonyl (C=O) groups is 1. The van der Waals surface area contributed by atoms with Gasteiger partial charge in [-0.25, -0.2) is 0 Å². The van der Waals surface area contributed by atoms with Gasteiger partial charge in [0.2, 0.25) is 0 Å². The van der Waals surface area contributed by atoms with E-state index in [1.54, 1.807) is 37.1 Å². The van der Waals surface area contributed by atoms with E-state index in [0.29, 0.717) is 22.9 Å². The van der Waals surface area contributed by atoms with Crippen molar-refractivity contribution in [3.05, 3.63) is 29.6 Å². The van der Waals surface area contributed by atoms with Gasteiger partial charge in [0.05, 0.1) is 19.9 Å². The number of hydrogen-bond donors (Lipinski definition) is 1. The van der Waals surface area contributed by atoms with Gasteiger partial charge in [-0.15, -0.1) is 0 Å². The van der Waals surface area contributed by atoms with Crippen LogP contribution < -0.4 is 19.5 Å². The Morgan fingerprint density at radius 3 is 2.26 bits per heavy atom. The maximum Gasteiger partial charge on any atom is 0.262 e. The Bertz CT molecular complexity index is 687. The van der Waals surface area contributed by atoms with Crippen molar-refractivity contribution in [2.24, 2.45) is 7.05 Å². The zero-order valence-corrected chi connectivity index (χ0v) is 14.0. The highest BCUT2D eigenvalue weighted by Crippen LogP contribution is 2.26. The minimum atomic E-state index is -0.275.